The molecular formula is C27H23N3. The summed E-state index contributed by atoms with van der Waals surface area (Å²) >= 11 is 0. The highest BCUT2D eigenvalue weighted by atomic mass is 15.5. The summed E-state index contributed by atoms with van der Waals surface area (Å²) in [5.41, 5.74) is 6.32. The lowest BCUT2D eigenvalue weighted by molar-refractivity contribution is 0.366. The van der Waals surface area contributed by atoms with Crippen LogP contribution in [-0.4, -0.2) is 6.54 Å². The Bertz CT molecular complexity index is 1180. The maximum atomic E-state index is 5.96. The Morgan fingerprint density at radius 2 is 1.67 bits per heavy atom. The third-order valence-corrected chi connectivity index (χ3v) is 6.12. The number of terminal acetylenes is 2. The van der Waals surface area contributed by atoms with Crippen LogP contribution in [0.4, 0.5) is 17.1 Å². The molecule has 0 aliphatic carbocycles. The Labute approximate surface area is 178 Å². The van der Waals surface area contributed by atoms with E-state index in [1.54, 1.807) is 0 Å². The third kappa shape index (κ3) is 2.49. The second-order valence-corrected chi connectivity index (χ2v) is 7.88. The molecule has 1 N–H and O–H groups in total. The van der Waals surface area contributed by atoms with E-state index >= 15 is 0 Å². The molecule has 30 heavy (non-hydrogen) atoms. The van der Waals surface area contributed by atoms with E-state index in [0.717, 1.165) is 22.6 Å². The van der Waals surface area contributed by atoms with Gasteiger partial charge in [-0.15, -0.1) is 18.8 Å². The monoisotopic (exact) mass is 389 g/mol. The zero-order chi connectivity index (χ0) is 20.7. The van der Waals surface area contributed by atoms with E-state index in [4.69, 9.17) is 12.8 Å². The van der Waals surface area contributed by atoms with Gasteiger partial charge in [-0.2, -0.15) is 0 Å². The molecule has 5 rings (SSSR count). The van der Waals surface area contributed by atoms with Crippen molar-refractivity contribution in [3.05, 3.63) is 89.5 Å². The highest BCUT2D eigenvalue weighted by Crippen LogP contribution is 2.55. The van der Waals surface area contributed by atoms with Gasteiger partial charge in [-0.1, -0.05) is 60.0 Å². The standard InChI is InChI=1S/C27H23N3/c1-4-18-27-23-11-7-9-13-25(23)29(19-5-2)26(22-10-6-8-12-24(22)28-27)30(27)21-16-14-20(3)15-17-21/h1-2,6-17,26,28H,18-19H2,3H3. The lowest BCUT2D eigenvalue weighted by Crippen LogP contribution is -2.64. The molecule has 0 radical (unpaired) electrons. The van der Waals surface area contributed by atoms with Gasteiger partial charge in [0.2, 0.25) is 0 Å². The SMILES string of the molecule is C#CCN1c2ccccc2C2(CC#C)Nc3ccccc3C1N2c1ccc(C)cc1. The second-order valence-electron chi connectivity index (χ2n) is 7.88. The summed E-state index contributed by atoms with van der Waals surface area (Å²) < 4.78 is 0. The number of para-hydroxylation sites is 2. The highest BCUT2D eigenvalue weighted by molar-refractivity contribution is 5.77. The average Bonchev–Trinajstić information content (AvgIpc) is 2.77. The Morgan fingerprint density at radius 1 is 0.933 bits per heavy atom. The number of rotatable bonds is 3. The Kier molecular flexibility index (Phi) is 4.19. The summed E-state index contributed by atoms with van der Waals surface area (Å²) in [5.74, 6) is 5.83. The van der Waals surface area contributed by atoms with Gasteiger partial charge in [0.05, 0.1) is 13.0 Å². The van der Waals surface area contributed by atoms with Gasteiger partial charge < -0.3 is 15.1 Å². The summed E-state index contributed by atoms with van der Waals surface area (Å²) in [6, 6.07) is 25.5. The fourth-order valence-corrected chi connectivity index (χ4v) is 4.89. The Morgan fingerprint density at radius 3 is 2.43 bits per heavy atom. The molecule has 0 saturated heterocycles. The predicted octanol–water partition coefficient (Wildman–Crippen LogP) is 5.26. The normalized spacial score (nSPS) is 21.0. The van der Waals surface area contributed by atoms with Crippen LogP contribution in [0.1, 0.15) is 29.3 Å². The third-order valence-electron chi connectivity index (χ3n) is 6.12. The minimum absolute atomic E-state index is 0.0653. The van der Waals surface area contributed by atoms with Crippen molar-refractivity contribution in [2.45, 2.75) is 25.2 Å². The smallest absolute Gasteiger partial charge is 0.152 e. The van der Waals surface area contributed by atoms with E-state index in [9.17, 15) is 0 Å². The fraction of sp³-hybridized carbons (Fsp3) is 0.185. The Balaban J connectivity index is 1.86. The van der Waals surface area contributed by atoms with Crippen LogP contribution in [0.25, 0.3) is 0 Å². The van der Waals surface area contributed by atoms with Crippen molar-refractivity contribution < 1.29 is 0 Å². The molecule has 0 aromatic heterocycles. The van der Waals surface area contributed by atoms with Crippen LogP contribution in [-0.2, 0) is 5.66 Å². The molecule has 0 saturated carbocycles. The number of aryl methyl sites for hydroxylation is 1. The average molecular weight is 390 g/mol. The van der Waals surface area contributed by atoms with Crippen LogP contribution in [0, 0.1) is 31.6 Å². The topological polar surface area (TPSA) is 18.5 Å². The molecule has 146 valence electrons. The first-order valence-corrected chi connectivity index (χ1v) is 10.2. The number of fused-ring (bicyclic) bond motifs is 6. The van der Waals surface area contributed by atoms with E-state index in [-0.39, 0.29) is 6.17 Å². The molecule has 3 nitrogen and oxygen atoms in total. The van der Waals surface area contributed by atoms with E-state index in [1.807, 2.05) is 0 Å². The summed E-state index contributed by atoms with van der Waals surface area (Å²) in [4.78, 5) is 4.72. The molecule has 0 amide bonds. The van der Waals surface area contributed by atoms with Crippen LogP contribution < -0.4 is 15.1 Å². The molecule has 2 atom stereocenters. The van der Waals surface area contributed by atoms with Gasteiger partial charge >= 0.3 is 0 Å². The van der Waals surface area contributed by atoms with Gasteiger partial charge in [-0.25, -0.2) is 0 Å². The first-order valence-electron chi connectivity index (χ1n) is 10.2. The highest BCUT2D eigenvalue weighted by Gasteiger charge is 2.53. The van der Waals surface area contributed by atoms with Crippen molar-refractivity contribution in [2.75, 3.05) is 21.7 Å². The van der Waals surface area contributed by atoms with E-state index in [1.165, 1.54) is 11.1 Å². The van der Waals surface area contributed by atoms with E-state index < -0.39 is 5.66 Å². The van der Waals surface area contributed by atoms with Gasteiger partial charge in [-0.3, -0.25) is 0 Å². The van der Waals surface area contributed by atoms with Crippen molar-refractivity contribution in [1.29, 1.82) is 0 Å². The molecule has 0 fully saturated rings. The van der Waals surface area contributed by atoms with Gasteiger partial charge in [0.15, 0.2) is 5.66 Å². The number of anilines is 3. The predicted molar refractivity (Wildman–Crippen MR) is 124 cm³/mol. The van der Waals surface area contributed by atoms with Crippen molar-refractivity contribution in [1.82, 2.24) is 0 Å². The molecule has 2 bridgehead atoms. The molecule has 3 aromatic carbocycles. The second kappa shape index (κ2) is 6.90. The first kappa shape index (κ1) is 18.2. The quantitative estimate of drug-likeness (QED) is 0.617. The minimum Gasteiger partial charge on any atom is -0.358 e. The van der Waals surface area contributed by atoms with Gasteiger partial charge in [0.1, 0.15) is 6.17 Å². The molecule has 2 heterocycles. The van der Waals surface area contributed by atoms with Crippen LogP contribution in [0.3, 0.4) is 0 Å². The van der Waals surface area contributed by atoms with Crippen LogP contribution in [0.5, 0.6) is 0 Å². The summed E-state index contributed by atoms with van der Waals surface area (Å²) in [6.45, 7) is 2.61. The summed E-state index contributed by atoms with van der Waals surface area (Å²) in [6.07, 6.45) is 12.3. The molecule has 2 aliphatic rings. The van der Waals surface area contributed by atoms with Crippen molar-refractivity contribution in [2.24, 2.45) is 0 Å². The zero-order valence-electron chi connectivity index (χ0n) is 17.0. The lowest BCUT2D eigenvalue weighted by atomic mass is 9.82. The van der Waals surface area contributed by atoms with Gasteiger partial charge in [0.25, 0.3) is 0 Å². The molecule has 2 unspecified atom stereocenters. The first-order chi connectivity index (χ1) is 14.7. The number of hydrogen-bond donors (Lipinski definition) is 1. The molecule has 3 aromatic rings. The van der Waals surface area contributed by atoms with Crippen LogP contribution in [0.15, 0.2) is 72.8 Å². The van der Waals surface area contributed by atoms with Crippen LogP contribution in [0.2, 0.25) is 0 Å². The zero-order valence-corrected chi connectivity index (χ0v) is 17.0. The number of nitrogens with zero attached hydrogens (tertiary/aromatic N) is 2. The molecular weight excluding hydrogens is 366 g/mol. The number of hydrogen-bond acceptors (Lipinski definition) is 3. The maximum absolute atomic E-state index is 5.96. The van der Waals surface area contributed by atoms with Crippen molar-refractivity contribution in [3.8, 4) is 24.7 Å². The Hall–Kier alpha value is -3.82. The largest absolute Gasteiger partial charge is 0.358 e. The van der Waals surface area contributed by atoms with Crippen molar-refractivity contribution >= 4 is 17.1 Å². The van der Waals surface area contributed by atoms with E-state index in [0.29, 0.717) is 13.0 Å². The number of benzene rings is 3. The van der Waals surface area contributed by atoms with Crippen molar-refractivity contribution in [3.63, 3.8) is 0 Å². The number of nitrogens with one attached hydrogen (secondary N) is 1. The van der Waals surface area contributed by atoms with Crippen LogP contribution >= 0.6 is 0 Å². The molecule has 0 spiro atoms. The summed E-state index contributed by atoms with van der Waals surface area (Å²) in [5, 5.41) is 3.83. The van der Waals surface area contributed by atoms with Gasteiger partial charge in [0, 0.05) is 28.2 Å². The summed E-state index contributed by atoms with van der Waals surface area (Å²) in [7, 11) is 0. The molecule has 3 heteroatoms. The molecule has 2 aliphatic heterocycles. The van der Waals surface area contributed by atoms with Gasteiger partial charge in [-0.05, 0) is 31.2 Å². The fourth-order valence-electron chi connectivity index (χ4n) is 4.89. The maximum Gasteiger partial charge on any atom is 0.152 e. The minimum atomic E-state index is -0.565. The van der Waals surface area contributed by atoms with E-state index in [2.05, 4.69) is 107 Å². The lowest BCUT2D eigenvalue weighted by Gasteiger charge is -2.60.